The van der Waals surface area contributed by atoms with E-state index in [0.29, 0.717) is 19.1 Å². The Labute approximate surface area is 107 Å². The molecular weight excluding hydrogens is 231 g/mol. The van der Waals surface area contributed by atoms with Gasteiger partial charge in [-0.05, 0) is 26.0 Å². The van der Waals surface area contributed by atoms with Gasteiger partial charge < -0.3 is 4.90 Å². The fourth-order valence-corrected chi connectivity index (χ4v) is 2.25. The first-order chi connectivity index (χ1) is 8.59. The predicted octanol–water partition coefficient (Wildman–Crippen LogP) is 1.99. The van der Waals surface area contributed by atoms with E-state index in [1.165, 1.54) is 6.07 Å². The maximum Gasteiger partial charge on any atom is 0.256 e. The first kappa shape index (κ1) is 13.0. The lowest BCUT2D eigenvalue weighted by atomic mass is 10.1. The van der Waals surface area contributed by atoms with Crippen LogP contribution in [0.5, 0.6) is 0 Å². The summed E-state index contributed by atoms with van der Waals surface area (Å²) >= 11 is 0. The highest BCUT2D eigenvalue weighted by Gasteiger charge is 2.24. The predicted molar refractivity (Wildman–Crippen MR) is 69.0 cm³/mol. The molecule has 1 aliphatic heterocycles. The molecule has 18 heavy (non-hydrogen) atoms. The van der Waals surface area contributed by atoms with Crippen LogP contribution in [0.1, 0.15) is 24.2 Å². The van der Waals surface area contributed by atoms with Crippen LogP contribution in [0, 0.1) is 5.82 Å². The van der Waals surface area contributed by atoms with E-state index in [1.807, 2.05) is 0 Å². The number of rotatable bonds is 2. The fourth-order valence-electron chi connectivity index (χ4n) is 2.25. The smallest absolute Gasteiger partial charge is 0.256 e. The van der Waals surface area contributed by atoms with Crippen LogP contribution < -0.4 is 0 Å². The number of amides is 1. The maximum atomic E-state index is 13.5. The second-order valence-corrected chi connectivity index (χ2v) is 4.90. The highest BCUT2D eigenvalue weighted by Crippen LogP contribution is 2.13. The van der Waals surface area contributed by atoms with E-state index in [0.717, 1.165) is 13.1 Å². The van der Waals surface area contributed by atoms with E-state index >= 15 is 0 Å². The minimum Gasteiger partial charge on any atom is -0.336 e. The van der Waals surface area contributed by atoms with Gasteiger partial charge in [0.25, 0.3) is 5.91 Å². The molecule has 0 bridgehead atoms. The monoisotopic (exact) mass is 250 g/mol. The van der Waals surface area contributed by atoms with Gasteiger partial charge in [-0.15, -0.1) is 0 Å². The average Bonchev–Trinajstić information content (AvgIpc) is 2.38. The second-order valence-electron chi connectivity index (χ2n) is 4.90. The van der Waals surface area contributed by atoms with Crippen molar-refractivity contribution in [3.63, 3.8) is 0 Å². The largest absolute Gasteiger partial charge is 0.336 e. The Balaban J connectivity index is 2.02. The quantitative estimate of drug-likeness (QED) is 0.801. The van der Waals surface area contributed by atoms with Crippen LogP contribution in [0.15, 0.2) is 24.3 Å². The Hall–Kier alpha value is -1.42. The van der Waals surface area contributed by atoms with Crippen LogP contribution in [-0.4, -0.2) is 47.9 Å². The molecule has 0 spiro atoms. The molecule has 0 atom stereocenters. The molecule has 0 radical (unpaired) electrons. The number of carbonyl (C=O) groups is 1. The summed E-state index contributed by atoms with van der Waals surface area (Å²) in [5.41, 5.74) is 0.176. The van der Waals surface area contributed by atoms with Crippen molar-refractivity contribution in [2.75, 3.05) is 26.2 Å². The Kier molecular flexibility index (Phi) is 3.97. The van der Waals surface area contributed by atoms with Gasteiger partial charge in [0, 0.05) is 32.2 Å². The van der Waals surface area contributed by atoms with Gasteiger partial charge in [0.1, 0.15) is 5.82 Å². The van der Waals surface area contributed by atoms with Crippen LogP contribution in [0.2, 0.25) is 0 Å². The van der Waals surface area contributed by atoms with Crippen molar-refractivity contribution in [1.29, 1.82) is 0 Å². The van der Waals surface area contributed by atoms with Crippen molar-refractivity contribution in [1.82, 2.24) is 9.80 Å². The van der Waals surface area contributed by atoms with E-state index in [2.05, 4.69) is 18.7 Å². The molecule has 1 saturated heterocycles. The van der Waals surface area contributed by atoms with Gasteiger partial charge in [0.05, 0.1) is 5.56 Å². The molecule has 0 aliphatic carbocycles. The molecule has 1 aromatic carbocycles. The summed E-state index contributed by atoms with van der Waals surface area (Å²) in [4.78, 5) is 16.2. The Bertz CT molecular complexity index is 426. The normalized spacial score (nSPS) is 17.2. The summed E-state index contributed by atoms with van der Waals surface area (Å²) < 4.78 is 13.5. The molecular formula is C14H19FN2O. The first-order valence-corrected chi connectivity index (χ1v) is 6.37. The number of hydrogen-bond donors (Lipinski definition) is 0. The topological polar surface area (TPSA) is 23.6 Å². The number of piperazine rings is 1. The maximum absolute atomic E-state index is 13.5. The van der Waals surface area contributed by atoms with Crippen LogP contribution in [0.4, 0.5) is 4.39 Å². The van der Waals surface area contributed by atoms with Gasteiger partial charge in [-0.25, -0.2) is 4.39 Å². The van der Waals surface area contributed by atoms with Gasteiger partial charge in [-0.3, -0.25) is 9.69 Å². The SMILES string of the molecule is CC(C)N1CCN(C(=O)c2ccccc2F)CC1. The van der Waals surface area contributed by atoms with E-state index < -0.39 is 5.82 Å². The summed E-state index contributed by atoms with van der Waals surface area (Å²) in [6.07, 6.45) is 0. The third kappa shape index (κ3) is 2.70. The van der Waals surface area contributed by atoms with Crippen molar-refractivity contribution in [3.05, 3.63) is 35.6 Å². The first-order valence-electron chi connectivity index (χ1n) is 6.37. The van der Waals surface area contributed by atoms with E-state index in [4.69, 9.17) is 0 Å². The van der Waals surface area contributed by atoms with Gasteiger partial charge in [0.2, 0.25) is 0 Å². The molecule has 0 saturated carbocycles. The lowest BCUT2D eigenvalue weighted by Crippen LogP contribution is -2.50. The number of hydrogen-bond acceptors (Lipinski definition) is 2. The summed E-state index contributed by atoms with van der Waals surface area (Å²) in [7, 11) is 0. The zero-order valence-electron chi connectivity index (χ0n) is 10.9. The summed E-state index contributed by atoms with van der Waals surface area (Å²) in [5, 5.41) is 0. The fraction of sp³-hybridized carbons (Fsp3) is 0.500. The molecule has 1 aliphatic rings. The molecule has 0 unspecified atom stereocenters. The van der Waals surface area contributed by atoms with Crippen LogP contribution >= 0.6 is 0 Å². The van der Waals surface area contributed by atoms with E-state index in [9.17, 15) is 9.18 Å². The zero-order chi connectivity index (χ0) is 13.1. The third-order valence-corrected chi connectivity index (χ3v) is 3.44. The Morgan fingerprint density at radius 2 is 1.78 bits per heavy atom. The molecule has 4 heteroatoms. The minimum atomic E-state index is -0.436. The van der Waals surface area contributed by atoms with E-state index in [-0.39, 0.29) is 11.5 Å². The molecule has 2 rings (SSSR count). The van der Waals surface area contributed by atoms with Crippen molar-refractivity contribution in [3.8, 4) is 0 Å². The van der Waals surface area contributed by atoms with E-state index in [1.54, 1.807) is 23.1 Å². The van der Waals surface area contributed by atoms with Crippen molar-refractivity contribution in [2.24, 2.45) is 0 Å². The highest BCUT2D eigenvalue weighted by atomic mass is 19.1. The molecule has 0 aromatic heterocycles. The Morgan fingerprint density at radius 3 is 2.33 bits per heavy atom. The van der Waals surface area contributed by atoms with Crippen molar-refractivity contribution < 1.29 is 9.18 Å². The molecule has 1 heterocycles. The average molecular weight is 250 g/mol. The lowest BCUT2D eigenvalue weighted by Gasteiger charge is -2.37. The summed E-state index contributed by atoms with van der Waals surface area (Å²) in [6.45, 7) is 7.36. The molecule has 1 amide bonds. The van der Waals surface area contributed by atoms with Gasteiger partial charge >= 0.3 is 0 Å². The number of halogens is 1. The Morgan fingerprint density at radius 1 is 1.17 bits per heavy atom. The molecule has 1 aromatic rings. The van der Waals surface area contributed by atoms with Crippen molar-refractivity contribution >= 4 is 5.91 Å². The number of nitrogens with zero attached hydrogens (tertiary/aromatic N) is 2. The van der Waals surface area contributed by atoms with Gasteiger partial charge in [0.15, 0.2) is 0 Å². The van der Waals surface area contributed by atoms with Crippen LogP contribution in [-0.2, 0) is 0 Å². The van der Waals surface area contributed by atoms with Crippen molar-refractivity contribution in [2.45, 2.75) is 19.9 Å². The zero-order valence-corrected chi connectivity index (χ0v) is 10.9. The van der Waals surface area contributed by atoms with Gasteiger partial charge in [-0.2, -0.15) is 0 Å². The number of benzene rings is 1. The molecule has 3 nitrogen and oxygen atoms in total. The van der Waals surface area contributed by atoms with Gasteiger partial charge in [-0.1, -0.05) is 12.1 Å². The third-order valence-electron chi connectivity index (χ3n) is 3.44. The molecule has 98 valence electrons. The highest BCUT2D eigenvalue weighted by molar-refractivity contribution is 5.94. The minimum absolute atomic E-state index is 0.176. The summed E-state index contributed by atoms with van der Waals surface area (Å²) in [5.74, 6) is -0.634. The summed E-state index contributed by atoms with van der Waals surface area (Å²) in [6, 6.07) is 6.67. The lowest BCUT2D eigenvalue weighted by molar-refractivity contribution is 0.0591. The molecule has 1 fully saturated rings. The second kappa shape index (κ2) is 5.48. The molecule has 0 N–H and O–H groups in total. The van der Waals surface area contributed by atoms with Crippen LogP contribution in [0.25, 0.3) is 0 Å². The van der Waals surface area contributed by atoms with Crippen LogP contribution in [0.3, 0.4) is 0 Å². The number of carbonyl (C=O) groups excluding carboxylic acids is 1. The standard InChI is InChI=1S/C14H19FN2O/c1-11(2)16-7-9-17(10-8-16)14(18)12-5-3-4-6-13(12)15/h3-6,11H,7-10H2,1-2H3.